The molecule has 2 heteroatoms. The van der Waals surface area contributed by atoms with Crippen LogP contribution in [-0.2, 0) is 0 Å². The number of aliphatic hydroxyl groups excluding tert-OH is 1. The molecule has 0 radical (unpaired) electrons. The van der Waals surface area contributed by atoms with E-state index in [0.717, 1.165) is 26.1 Å². The Bertz CT molecular complexity index is 74.9. The van der Waals surface area contributed by atoms with Gasteiger partial charge in [-0.25, -0.2) is 0 Å². The highest BCUT2D eigenvalue weighted by Gasteiger charge is 2.17. The predicted molar refractivity (Wildman–Crippen MR) is 32.7 cm³/mol. The fourth-order valence-electron chi connectivity index (χ4n) is 1.10. The van der Waals surface area contributed by atoms with Crippen LogP contribution in [0, 0.1) is 0 Å². The minimum absolute atomic E-state index is 0.0463. The summed E-state index contributed by atoms with van der Waals surface area (Å²) in [5.41, 5.74) is 0. The first kappa shape index (κ1) is 6.05. The number of nitrogens with zero attached hydrogens (tertiary/aromatic N) is 1. The third-order valence-electron chi connectivity index (χ3n) is 1.69. The van der Waals surface area contributed by atoms with E-state index in [1.165, 1.54) is 0 Å². The first-order valence-corrected chi connectivity index (χ1v) is 3.23. The Morgan fingerprint density at radius 2 is 2.50 bits per heavy atom. The molecular weight excluding hydrogens is 102 g/mol. The zero-order valence-corrected chi connectivity index (χ0v) is 5.30. The van der Waals surface area contributed by atoms with Crippen LogP contribution in [-0.4, -0.2) is 35.7 Å². The SMILES string of the molecule is CCN1CC[C@H](O)C1. The van der Waals surface area contributed by atoms with Gasteiger partial charge in [-0.05, 0) is 13.0 Å². The molecular formula is C6H13NO. The molecule has 0 bridgehead atoms. The maximum atomic E-state index is 8.99. The quantitative estimate of drug-likeness (QED) is 0.523. The summed E-state index contributed by atoms with van der Waals surface area (Å²) < 4.78 is 0. The Labute approximate surface area is 50.1 Å². The topological polar surface area (TPSA) is 23.5 Å². The monoisotopic (exact) mass is 115 g/mol. The lowest BCUT2D eigenvalue weighted by Crippen LogP contribution is -2.21. The molecule has 1 atom stereocenters. The summed E-state index contributed by atoms with van der Waals surface area (Å²) in [7, 11) is 0. The molecule has 8 heavy (non-hydrogen) atoms. The van der Waals surface area contributed by atoms with Crippen molar-refractivity contribution in [2.45, 2.75) is 19.4 Å². The highest BCUT2D eigenvalue weighted by molar-refractivity contribution is 4.72. The molecule has 0 amide bonds. The summed E-state index contributed by atoms with van der Waals surface area (Å²) in [6, 6.07) is 0. The first-order valence-electron chi connectivity index (χ1n) is 3.23. The second kappa shape index (κ2) is 2.46. The number of hydrogen-bond acceptors (Lipinski definition) is 2. The Morgan fingerprint density at radius 3 is 2.75 bits per heavy atom. The van der Waals surface area contributed by atoms with Crippen LogP contribution in [0.2, 0.25) is 0 Å². The third kappa shape index (κ3) is 1.20. The lowest BCUT2D eigenvalue weighted by atomic mass is 10.3. The van der Waals surface area contributed by atoms with E-state index in [0.29, 0.717) is 0 Å². The van der Waals surface area contributed by atoms with Crippen LogP contribution in [0.15, 0.2) is 0 Å². The standard InChI is InChI=1S/C6H13NO/c1-2-7-4-3-6(8)5-7/h6,8H,2-5H2,1H3/t6-/m0/s1. The smallest absolute Gasteiger partial charge is 0.0679 e. The zero-order valence-electron chi connectivity index (χ0n) is 5.30. The number of aliphatic hydroxyl groups is 1. The lowest BCUT2D eigenvalue weighted by molar-refractivity contribution is 0.178. The highest BCUT2D eigenvalue weighted by atomic mass is 16.3. The predicted octanol–water partition coefficient (Wildman–Crippen LogP) is 0.0729. The van der Waals surface area contributed by atoms with Crippen molar-refractivity contribution in [3.8, 4) is 0 Å². The Kier molecular flexibility index (Phi) is 1.86. The van der Waals surface area contributed by atoms with E-state index in [-0.39, 0.29) is 6.10 Å². The van der Waals surface area contributed by atoms with Crippen LogP contribution in [0.25, 0.3) is 0 Å². The molecule has 0 aromatic rings. The normalized spacial score (nSPS) is 31.5. The van der Waals surface area contributed by atoms with Gasteiger partial charge in [0.15, 0.2) is 0 Å². The average molecular weight is 115 g/mol. The number of β-amino-alcohol motifs (C(OH)–C–C–N with tert-alkyl or cyclic N) is 1. The maximum Gasteiger partial charge on any atom is 0.0679 e. The summed E-state index contributed by atoms with van der Waals surface area (Å²) in [5.74, 6) is 0. The molecule has 1 rings (SSSR count). The largest absolute Gasteiger partial charge is 0.392 e. The average Bonchev–Trinajstić information content (AvgIpc) is 2.14. The second-order valence-corrected chi connectivity index (χ2v) is 2.34. The fraction of sp³-hybridized carbons (Fsp3) is 1.00. The van der Waals surface area contributed by atoms with E-state index < -0.39 is 0 Å². The minimum Gasteiger partial charge on any atom is -0.392 e. The summed E-state index contributed by atoms with van der Waals surface area (Å²) >= 11 is 0. The van der Waals surface area contributed by atoms with Crippen molar-refractivity contribution >= 4 is 0 Å². The third-order valence-corrected chi connectivity index (χ3v) is 1.69. The van der Waals surface area contributed by atoms with Gasteiger partial charge in [-0.15, -0.1) is 0 Å². The molecule has 1 heterocycles. The van der Waals surface area contributed by atoms with Crippen molar-refractivity contribution in [1.29, 1.82) is 0 Å². The van der Waals surface area contributed by atoms with Crippen molar-refractivity contribution in [2.75, 3.05) is 19.6 Å². The van der Waals surface area contributed by atoms with E-state index in [1.54, 1.807) is 0 Å². The zero-order chi connectivity index (χ0) is 5.98. The van der Waals surface area contributed by atoms with E-state index in [4.69, 9.17) is 5.11 Å². The Balaban J connectivity index is 2.22. The number of rotatable bonds is 1. The molecule has 0 spiro atoms. The van der Waals surface area contributed by atoms with Gasteiger partial charge in [0, 0.05) is 13.1 Å². The first-order chi connectivity index (χ1) is 3.83. The van der Waals surface area contributed by atoms with Gasteiger partial charge in [0.25, 0.3) is 0 Å². The maximum absolute atomic E-state index is 8.99. The van der Waals surface area contributed by atoms with Gasteiger partial charge in [0.05, 0.1) is 6.10 Å². The summed E-state index contributed by atoms with van der Waals surface area (Å²) in [6.45, 7) is 5.17. The number of likely N-dealkylation sites (tertiary alicyclic amines) is 1. The van der Waals surface area contributed by atoms with Gasteiger partial charge in [-0.3, -0.25) is 0 Å². The molecule has 1 fully saturated rings. The van der Waals surface area contributed by atoms with Crippen LogP contribution in [0.1, 0.15) is 13.3 Å². The van der Waals surface area contributed by atoms with Crippen LogP contribution in [0.3, 0.4) is 0 Å². The second-order valence-electron chi connectivity index (χ2n) is 2.34. The summed E-state index contributed by atoms with van der Waals surface area (Å²) in [6.07, 6.45) is 0.920. The van der Waals surface area contributed by atoms with Crippen LogP contribution < -0.4 is 0 Å². The number of likely N-dealkylation sites (N-methyl/N-ethyl adjacent to an activating group) is 1. The molecule has 2 nitrogen and oxygen atoms in total. The fourth-order valence-corrected chi connectivity index (χ4v) is 1.10. The van der Waals surface area contributed by atoms with Crippen molar-refractivity contribution in [3.05, 3.63) is 0 Å². The highest BCUT2D eigenvalue weighted by Crippen LogP contribution is 2.06. The van der Waals surface area contributed by atoms with Crippen LogP contribution in [0.5, 0.6) is 0 Å². The van der Waals surface area contributed by atoms with Gasteiger partial charge in [0.2, 0.25) is 0 Å². The molecule has 1 saturated heterocycles. The Morgan fingerprint density at radius 1 is 1.75 bits per heavy atom. The van der Waals surface area contributed by atoms with Crippen molar-refractivity contribution in [3.63, 3.8) is 0 Å². The van der Waals surface area contributed by atoms with Gasteiger partial charge in [0.1, 0.15) is 0 Å². The number of hydrogen-bond donors (Lipinski definition) is 1. The van der Waals surface area contributed by atoms with E-state index >= 15 is 0 Å². The Hall–Kier alpha value is -0.0800. The summed E-state index contributed by atoms with van der Waals surface area (Å²) in [4.78, 5) is 2.25. The molecule has 0 saturated carbocycles. The van der Waals surface area contributed by atoms with Gasteiger partial charge >= 0.3 is 0 Å². The van der Waals surface area contributed by atoms with E-state index in [2.05, 4.69) is 11.8 Å². The molecule has 0 unspecified atom stereocenters. The molecule has 0 aromatic heterocycles. The molecule has 0 aliphatic carbocycles. The van der Waals surface area contributed by atoms with Gasteiger partial charge in [-0.1, -0.05) is 6.92 Å². The lowest BCUT2D eigenvalue weighted by Gasteiger charge is -2.09. The molecule has 48 valence electrons. The van der Waals surface area contributed by atoms with Crippen LogP contribution >= 0.6 is 0 Å². The molecule has 0 aromatic carbocycles. The minimum atomic E-state index is -0.0463. The van der Waals surface area contributed by atoms with Crippen molar-refractivity contribution in [2.24, 2.45) is 0 Å². The van der Waals surface area contributed by atoms with E-state index in [1.807, 2.05) is 0 Å². The van der Waals surface area contributed by atoms with Crippen molar-refractivity contribution < 1.29 is 5.11 Å². The van der Waals surface area contributed by atoms with Gasteiger partial charge < -0.3 is 10.0 Å². The molecule has 1 aliphatic heterocycles. The van der Waals surface area contributed by atoms with Crippen molar-refractivity contribution in [1.82, 2.24) is 4.90 Å². The molecule has 1 aliphatic rings. The molecule has 1 N–H and O–H groups in total. The van der Waals surface area contributed by atoms with E-state index in [9.17, 15) is 0 Å². The van der Waals surface area contributed by atoms with Gasteiger partial charge in [-0.2, -0.15) is 0 Å². The van der Waals surface area contributed by atoms with Crippen LogP contribution in [0.4, 0.5) is 0 Å². The summed E-state index contributed by atoms with van der Waals surface area (Å²) in [5, 5.41) is 8.99.